The summed E-state index contributed by atoms with van der Waals surface area (Å²) >= 11 is 0. The van der Waals surface area contributed by atoms with Crippen LogP contribution < -0.4 is 5.32 Å². The third-order valence-corrected chi connectivity index (χ3v) is 3.68. The zero-order valence-electron chi connectivity index (χ0n) is 13.3. The summed E-state index contributed by atoms with van der Waals surface area (Å²) < 4.78 is 5.48. The van der Waals surface area contributed by atoms with Crippen molar-refractivity contribution in [1.29, 1.82) is 0 Å². The van der Waals surface area contributed by atoms with Crippen molar-refractivity contribution >= 4 is 6.09 Å². The first-order valence-corrected chi connectivity index (χ1v) is 7.58. The van der Waals surface area contributed by atoms with Crippen molar-refractivity contribution in [3.05, 3.63) is 18.0 Å². The second-order valence-corrected chi connectivity index (χ2v) is 6.63. The Bertz CT molecular complexity index is 453. The Kier molecular flexibility index (Phi) is 4.88. The first-order chi connectivity index (χ1) is 9.87. The number of likely N-dealkylation sites (tertiary alicyclic amines) is 1. The molecule has 118 valence electrons. The molecule has 1 amide bonds. The molecule has 0 spiro atoms. The van der Waals surface area contributed by atoms with Gasteiger partial charge in [-0.25, -0.2) is 4.79 Å². The Morgan fingerprint density at radius 3 is 3.00 bits per heavy atom. The molecule has 2 rings (SSSR count). The molecule has 1 aliphatic rings. The normalized spacial score (nSPS) is 20.6. The van der Waals surface area contributed by atoms with E-state index in [2.05, 4.69) is 22.4 Å². The monoisotopic (exact) mass is 294 g/mol. The number of nitrogens with one attached hydrogen (secondary N) is 2. The number of amides is 1. The van der Waals surface area contributed by atoms with Crippen molar-refractivity contribution in [1.82, 2.24) is 20.4 Å². The average molecular weight is 294 g/mol. The van der Waals surface area contributed by atoms with E-state index in [1.54, 1.807) is 0 Å². The molecule has 6 heteroatoms. The molecule has 1 aliphatic heterocycles. The van der Waals surface area contributed by atoms with Gasteiger partial charge in [-0.3, -0.25) is 5.10 Å². The maximum absolute atomic E-state index is 12.2. The number of ether oxygens (including phenoxy) is 1. The fourth-order valence-corrected chi connectivity index (χ4v) is 2.54. The number of rotatable bonds is 4. The van der Waals surface area contributed by atoms with Gasteiger partial charge in [0.05, 0.1) is 6.20 Å². The van der Waals surface area contributed by atoms with Crippen molar-refractivity contribution in [3.8, 4) is 0 Å². The summed E-state index contributed by atoms with van der Waals surface area (Å²) in [6, 6.07) is 0.416. The van der Waals surface area contributed by atoms with Gasteiger partial charge >= 0.3 is 6.09 Å². The molecule has 6 nitrogen and oxygen atoms in total. The topological polar surface area (TPSA) is 70.2 Å². The fourth-order valence-electron chi connectivity index (χ4n) is 2.54. The van der Waals surface area contributed by atoms with Crippen LogP contribution in [0.15, 0.2) is 12.4 Å². The Balaban J connectivity index is 1.86. The maximum atomic E-state index is 12.2. The first-order valence-electron chi connectivity index (χ1n) is 7.58. The molecule has 1 aromatic rings. The SMILES string of the molecule is CC(NCC1CCCN1C(=O)OC(C)(C)C)c1cn[nH]c1. The maximum Gasteiger partial charge on any atom is 0.410 e. The predicted octanol–water partition coefficient (Wildman–Crippen LogP) is 2.46. The van der Waals surface area contributed by atoms with E-state index in [1.165, 1.54) is 0 Å². The van der Waals surface area contributed by atoms with Gasteiger partial charge in [-0.05, 0) is 40.5 Å². The smallest absolute Gasteiger partial charge is 0.410 e. The molecule has 0 bridgehead atoms. The van der Waals surface area contributed by atoms with Gasteiger partial charge in [-0.15, -0.1) is 0 Å². The summed E-state index contributed by atoms with van der Waals surface area (Å²) in [5.74, 6) is 0. The molecule has 0 radical (unpaired) electrons. The van der Waals surface area contributed by atoms with Crippen LogP contribution in [0, 0.1) is 0 Å². The molecule has 2 heterocycles. The van der Waals surface area contributed by atoms with E-state index in [4.69, 9.17) is 4.74 Å². The van der Waals surface area contributed by atoms with E-state index in [9.17, 15) is 4.79 Å². The van der Waals surface area contributed by atoms with Gasteiger partial charge in [0.15, 0.2) is 0 Å². The summed E-state index contributed by atoms with van der Waals surface area (Å²) in [6.45, 7) is 9.34. The average Bonchev–Trinajstić information content (AvgIpc) is 3.04. The van der Waals surface area contributed by atoms with Crippen LogP contribution in [0.5, 0.6) is 0 Å². The van der Waals surface area contributed by atoms with E-state index in [1.807, 2.05) is 38.1 Å². The van der Waals surface area contributed by atoms with Crippen molar-refractivity contribution in [2.45, 2.75) is 58.2 Å². The van der Waals surface area contributed by atoms with Crippen LogP contribution in [-0.4, -0.2) is 45.9 Å². The van der Waals surface area contributed by atoms with Crippen LogP contribution in [0.25, 0.3) is 0 Å². The number of hydrogen-bond donors (Lipinski definition) is 2. The number of aromatic nitrogens is 2. The van der Waals surface area contributed by atoms with Gasteiger partial charge in [0.25, 0.3) is 0 Å². The zero-order chi connectivity index (χ0) is 15.5. The standard InChI is InChI=1S/C15H26N4O2/c1-11(12-8-17-18-9-12)16-10-13-6-5-7-19(13)14(20)21-15(2,3)4/h8-9,11,13,16H,5-7,10H2,1-4H3,(H,17,18). The number of hydrogen-bond acceptors (Lipinski definition) is 4. The third kappa shape index (κ3) is 4.46. The number of H-pyrrole nitrogens is 1. The van der Waals surface area contributed by atoms with Crippen molar-refractivity contribution < 1.29 is 9.53 Å². The van der Waals surface area contributed by atoms with E-state index in [-0.39, 0.29) is 18.2 Å². The molecule has 2 atom stereocenters. The lowest BCUT2D eigenvalue weighted by Crippen LogP contribution is -2.44. The highest BCUT2D eigenvalue weighted by Crippen LogP contribution is 2.21. The molecule has 1 aromatic heterocycles. The Morgan fingerprint density at radius 2 is 2.38 bits per heavy atom. The lowest BCUT2D eigenvalue weighted by atomic mass is 10.1. The summed E-state index contributed by atoms with van der Waals surface area (Å²) in [6.07, 6.45) is 5.55. The molecule has 0 saturated carbocycles. The third-order valence-electron chi connectivity index (χ3n) is 3.68. The number of aromatic amines is 1. The summed E-state index contributed by atoms with van der Waals surface area (Å²) in [5, 5.41) is 10.2. The lowest BCUT2D eigenvalue weighted by Gasteiger charge is -2.29. The Hall–Kier alpha value is -1.56. The van der Waals surface area contributed by atoms with E-state index < -0.39 is 5.60 Å². The predicted molar refractivity (Wildman–Crippen MR) is 81.0 cm³/mol. The quantitative estimate of drug-likeness (QED) is 0.895. The second-order valence-electron chi connectivity index (χ2n) is 6.63. The lowest BCUT2D eigenvalue weighted by molar-refractivity contribution is 0.0225. The number of carbonyl (C=O) groups excluding carboxylic acids is 1. The molecule has 2 N–H and O–H groups in total. The number of carbonyl (C=O) groups is 1. The van der Waals surface area contributed by atoms with E-state index >= 15 is 0 Å². The van der Waals surface area contributed by atoms with Crippen LogP contribution in [0.2, 0.25) is 0 Å². The van der Waals surface area contributed by atoms with Gasteiger partial charge in [-0.2, -0.15) is 5.10 Å². The minimum Gasteiger partial charge on any atom is -0.444 e. The van der Waals surface area contributed by atoms with Gasteiger partial charge in [0.2, 0.25) is 0 Å². The van der Waals surface area contributed by atoms with Gasteiger partial charge < -0.3 is 15.0 Å². The molecular weight excluding hydrogens is 268 g/mol. The highest BCUT2D eigenvalue weighted by Gasteiger charge is 2.32. The molecule has 0 aromatic carbocycles. The molecule has 1 saturated heterocycles. The molecule has 2 unspecified atom stereocenters. The Morgan fingerprint density at radius 1 is 1.62 bits per heavy atom. The summed E-state index contributed by atoms with van der Waals surface area (Å²) in [4.78, 5) is 14.1. The van der Waals surface area contributed by atoms with Crippen LogP contribution in [0.4, 0.5) is 4.79 Å². The zero-order valence-corrected chi connectivity index (χ0v) is 13.3. The van der Waals surface area contributed by atoms with E-state index in [0.29, 0.717) is 0 Å². The van der Waals surface area contributed by atoms with Crippen molar-refractivity contribution in [2.75, 3.05) is 13.1 Å². The second kappa shape index (κ2) is 6.47. The number of nitrogens with zero attached hydrogens (tertiary/aromatic N) is 2. The van der Waals surface area contributed by atoms with E-state index in [0.717, 1.165) is 31.5 Å². The Labute approximate surface area is 126 Å². The minimum absolute atomic E-state index is 0.203. The fraction of sp³-hybridized carbons (Fsp3) is 0.733. The largest absolute Gasteiger partial charge is 0.444 e. The summed E-state index contributed by atoms with van der Waals surface area (Å²) in [7, 11) is 0. The van der Waals surface area contributed by atoms with Gasteiger partial charge in [-0.1, -0.05) is 0 Å². The van der Waals surface area contributed by atoms with Crippen molar-refractivity contribution in [3.63, 3.8) is 0 Å². The van der Waals surface area contributed by atoms with Crippen LogP contribution in [0.3, 0.4) is 0 Å². The minimum atomic E-state index is -0.443. The first kappa shape index (κ1) is 15.8. The van der Waals surface area contributed by atoms with Gasteiger partial charge in [0.1, 0.15) is 5.60 Å². The molecule has 0 aliphatic carbocycles. The van der Waals surface area contributed by atoms with Crippen LogP contribution in [-0.2, 0) is 4.74 Å². The molecule has 21 heavy (non-hydrogen) atoms. The highest BCUT2D eigenvalue weighted by molar-refractivity contribution is 5.69. The summed E-state index contributed by atoms with van der Waals surface area (Å²) in [5.41, 5.74) is 0.679. The molecular formula is C15H26N4O2. The highest BCUT2D eigenvalue weighted by atomic mass is 16.6. The van der Waals surface area contributed by atoms with Crippen LogP contribution in [0.1, 0.15) is 52.1 Å². The van der Waals surface area contributed by atoms with Crippen LogP contribution >= 0.6 is 0 Å². The molecule has 1 fully saturated rings. The van der Waals surface area contributed by atoms with Gasteiger partial charge in [0, 0.05) is 36.9 Å². The van der Waals surface area contributed by atoms with Crippen molar-refractivity contribution in [2.24, 2.45) is 0 Å².